The van der Waals surface area contributed by atoms with E-state index < -0.39 is 5.82 Å². The summed E-state index contributed by atoms with van der Waals surface area (Å²) in [4.78, 5) is 32.6. The molecule has 7 nitrogen and oxygen atoms in total. The normalized spacial score (nSPS) is 27.8. The van der Waals surface area contributed by atoms with E-state index in [1.807, 2.05) is 11.8 Å². The number of carbonyl (C=O) groups excluding carboxylic acids is 1. The lowest BCUT2D eigenvalue weighted by Crippen LogP contribution is -2.60. The first kappa shape index (κ1) is 18.4. The third kappa shape index (κ3) is 2.74. The van der Waals surface area contributed by atoms with Crippen LogP contribution in [0.25, 0.3) is 11.4 Å². The zero-order valence-electron chi connectivity index (χ0n) is 17.0. The molecule has 2 aliphatic carbocycles. The number of carbonyl (C=O) groups is 1. The molecule has 2 saturated carbocycles. The lowest BCUT2D eigenvalue weighted by Gasteiger charge is -2.48. The molecule has 0 radical (unpaired) electrons. The van der Waals surface area contributed by atoms with Gasteiger partial charge in [0.05, 0.1) is 35.3 Å². The summed E-state index contributed by atoms with van der Waals surface area (Å²) in [7, 11) is 0. The number of hydrogen-bond donors (Lipinski definition) is 1. The van der Waals surface area contributed by atoms with Crippen molar-refractivity contribution in [2.45, 2.75) is 31.8 Å². The predicted molar refractivity (Wildman–Crippen MR) is 112 cm³/mol. The first-order valence-corrected chi connectivity index (χ1v) is 10.5. The quantitative estimate of drug-likeness (QED) is 0.704. The average Bonchev–Trinajstić information content (AvgIpc) is 3.43. The van der Waals surface area contributed by atoms with Gasteiger partial charge in [-0.1, -0.05) is 6.07 Å². The number of anilines is 1. The molecule has 1 amide bonds. The SMILES string of the molecule is Cc1cnc(NC2CC34CC3CN(C(=O)c3cccc(F)c3-c3ncccn3)C24)cn1. The largest absolute Gasteiger partial charge is 0.364 e. The molecular weight excluding hydrogens is 395 g/mol. The smallest absolute Gasteiger partial charge is 0.255 e. The Hall–Kier alpha value is -3.42. The zero-order valence-corrected chi connectivity index (χ0v) is 17.0. The van der Waals surface area contributed by atoms with Gasteiger partial charge in [0, 0.05) is 25.0 Å². The molecule has 1 spiro atoms. The van der Waals surface area contributed by atoms with Gasteiger partial charge in [-0.15, -0.1) is 0 Å². The summed E-state index contributed by atoms with van der Waals surface area (Å²) in [5.74, 6) is 0.801. The van der Waals surface area contributed by atoms with Gasteiger partial charge in [0.15, 0.2) is 5.82 Å². The number of hydrogen-bond acceptors (Lipinski definition) is 6. The van der Waals surface area contributed by atoms with Crippen LogP contribution in [0.1, 0.15) is 28.9 Å². The molecule has 1 N–H and O–H groups in total. The molecule has 8 heteroatoms. The molecule has 4 unspecified atom stereocenters. The topological polar surface area (TPSA) is 83.9 Å². The van der Waals surface area contributed by atoms with Crippen molar-refractivity contribution in [1.29, 1.82) is 0 Å². The van der Waals surface area contributed by atoms with E-state index in [1.54, 1.807) is 43.0 Å². The number of aryl methyl sites for hydroxylation is 1. The Kier molecular flexibility index (Phi) is 3.87. The third-order valence-corrected chi connectivity index (χ3v) is 7.01. The number of likely N-dealkylation sites (tertiary alicyclic amines) is 1. The highest BCUT2D eigenvalue weighted by Gasteiger charge is 2.75. The van der Waals surface area contributed by atoms with Gasteiger partial charge in [-0.25, -0.2) is 19.3 Å². The molecule has 1 aliphatic heterocycles. The molecule has 3 aliphatic rings. The monoisotopic (exact) mass is 416 g/mol. The number of aromatic nitrogens is 4. The second-order valence-corrected chi connectivity index (χ2v) is 8.77. The van der Waals surface area contributed by atoms with Crippen molar-refractivity contribution >= 4 is 11.7 Å². The van der Waals surface area contributed by atoms with Crippen LogP contribution in [0.15, 0.2) is 49.1 Å². The molecule has 1 aromatic carbocycles. The minimum absolute atomic E-state index is 0.0703. The molecular formula is C23H21FN6O. The van der Waals surface area contributed by atoms with E-state index in [0.29, 0.717) is 23.8 Å². The Labute approximate surface area is 178 Å². The van der Waals surface area contributed by atoms with Crippen molar-refractivity contribution in [3.63, 3.8) is 0 Å². The van der Waals surface area contributed by atoms with E-state index >= 15 is 0 Å². The second-order valence-electron chi connectivity index (χ2n) is 8.77. The van der Waals surface area contributed by atoms with E-state index in [-0.39, 0.29) is 34.8 Å². The van der Waals surface area contributed by atoms with Crippen molar-refractivity contribution in [3.05, 3.63) is 66.1 Å². The van der Waals surface area contributed by atoms with Crippen LogP contribution in [0.5, 0.6) is 0 Å². The van der Waals surface area contributed by atoms with Crippen LogP contribution in [-0.2, 0) is 0 Å². The summed E-state index contributed by atoms with van der Waals surface area (Å²) in [6.07, 6.45) is 8.72. The van der Waals surface area contributed by atoms with Gasteiger partial charge in [0.1, 0.15) is 11.6 Å². The van der Waals surface area contributed by atoms with E-state index in [4.69, 9.17) is 0 Å². The third-order valence-electron chi connectivity index (χ3n) is 7.01. The number of halogens is 1. The lowest BCUT2D eigenvalue weighted by atomic mass is 9.71. The fourth-order valence-electron chi connectivity index (χ4n) is 5.53. The van der Waals surface area contributed by atoms with Gasteiger partial charge in [0.2, 0.25) is 0 Å². The number of nitrogens with zero attached hydrogens (tertiary/aromatic N) is 5. The molecule has 3 aromatic rings. The number of rotatable bonds is 4. The molecule has 156 valence electrons. The minimum Gasteiger partial charge on any atom is -0.364 e. The van der Waals surface area contributed by atoms with Crippen LogP contribution in [0, 0.1) is 24.1 Å². The summed E-state index contributed by atoms with van der Waals surface area (Å²) < 4.78 is 14.8. The number of piperidine rings is 1. The average molecular weight is 416 g/mol. The van der Waals surface area contributed by atoms with Crippen LogP contribution in [-0.4, -0.2) is 49.4 Å². The van der Waals surface area contributed by atoms with Gasteiger partial charge in [-0.2, -0.15) is 0 Å². The highest BCUT2D eigenvalue weighted by atomic mass is 19.1. The Morgan fingerprint density at radius 3 is 2.74 bits per heavy atom. The Bertz CT molecular complexity index is 1170. The summed E-state index contributed by atoms with van der Waals surface area (Å²) in [5, 5.41) is 3.46. The van der Waals surface area contributed by atoms with Crippen LogP contribution in [0.2, 0.25) is 0 Å². The maximum atomic E-state index is 14.8. The Morgan fingerprint density at radius 2 is 1.97 bits per heavy atom. The fourth-order valence-corrected chi connectivity index (χ4v) is 5.53. The number of nitrogens with one attached hydrogen (secondary N) is 1. The summed E-state index contributed by atoms with van der Waals surface area (Å²) >= 11 is 0. The van der Waals surface area contributed by atoms with Crippen molar-refractivity contribution in [2.75, 3.05) is 11.9 Å². The molecule has 4 atom stereocenters. The van der Waals surface area contributed by atoms with Gasteiger partial charge in [-0.05, 0) is 49.3 Å². The molecule has 2 aromatic heterocycles. The fraction of sp³-hybridized carbons (Fsp3) is 0.348. The summed E-state index contributed by atoms with van der Waals surface area (Å²) in [6, 6.07) is 6.43. The summed E-state index contributed by atoms with van der Waals surface area (Å²) in [5.41, 5.74) is 1.53. The van der Waals surface area contributed by atoms with Gasteiger partial charge in [-0.3, -0.25) is 9.78 Å². The van der Waals surface area contributed by atoms with Crippen molar-refractivity contribution in [1.82, 2.24) is 24.8 Å². The molecule has 31 heavy (non-hydrogen) atoms. The standard InChI is InChI=1S/C23H21FN6O/c1-13-10-28-18(11-27-13)29-17-9-23-8-14(23)12-30(20(17)23)22(31)15-4-2-5-16(24)19(15)21-25-6-3-7-26-21/h2-7,10-11,14,17,20H,8-9,12H2,1H3,(H,28,29). The van der Waals surface area contributed by atoms with E-state index in [0.717, 1.165) is 18.5 Å². The number of amides is 1. The maximum absolute atomic E-state index is 14.8. The maximum Gasteiger partial charge on any atom is 0.255 e. The zero-order chi connectivity index (χ0) is 21.2. The van der Waals surface area contributed by atoms with E-state index in [2.05, 4.69) is 25.3 Å². The predicted octanol–water partition coefficient (Wildman–Crippen LogP) is 3.10. The van der Waals surface area contributed by atoms with Crippen molar-refractivity contribution < 1.29 is 9.18 Å². The van der Waals surface area contributed by atoms with Gasteiger partial charge in [0.25, 0.3) is 5.91 Å². The van der Waals surface area contributed by atoms with Crippen LogP contribution < -0.4 is 5.32 Å². The number of benzene rings is 1. The second kappa shape index (κ2) is 6.54. The van der Waals surface area contributed by atoms with Crippen LogP contribution >= 0.6 is 0 Å². The minimum atomic E-state index is -0.491. The van der Waals surface area contributed by atoms with Gasteiger partial charge < -0.3 is 10.2 Å². The molecule has 6 rings (SSSR count). The highest BCUT2D eigenvalue weighted by molar-refractivity contribution is 6.01. The molecule has 1 saturated heterocycles. The van der Waals surface area contributed by atoms with Gasteiger partial charge >= 0.3 is 0 Å². The molecule has 3 fully saturated rings. The summed E-state index contributed by atoms with van der Waals surface area (Å²) in [6.45, 7) is 2.60. The Morgan fingerprint density at radius 1 is 1.13 bits per heavy atom. The van der Waals surface area contributed by atoms with Crippen molar-refractivity contribution in [2.24, 2.45) is 11.3 Å². The Balaban J connectivity index is 1.31. The molecule has 0 bridgehead atoms. The lowest BCUT2D eigenvalue weighted by molar-refractivity contribution is 0.0472. The first-order chi connectivity index (χ1) is 15.1. The van der Waals surface area contributed by atoms with Crippen molar-refractivity contribution in [3.8, 4) is 11.4 Å². The van der Waals surface area contributed by atoms with E-state index in [1.165, 1.54) is 6.07 Å². The van der Waals surface area contributed by atoms with Crippen LogP contribution in [0.4, 0.5) is 10.2 Å². The highest BCUT2D eigenvalue weighted by Crippen LogP contribution is 2.71. The molecule has 3 heterocycles. The van der Waals surface area contributed by atoms with Crippen LogP contribution in [0.3, 0.4) is 0 Å². The first-order valence-electron chi connectivity index (χ1n) is 10.5. The van der Waals surface area contributed by atoms with E-state index in [9.17, 15) is 9.18 Å².